The van der Waals surface area contributed by atoms with Crippen LogP contribution in [-0.2, 0) is 6.42 Å². The van der Waals surface area contributed by atoms with Crippen molar-refractivity contribution in [2.75, 3.05) is 0 Å². The first-order valence-corrected chi connectivity index (χ1v) is 6.72. The Kier molecular flexibility index (Phi) is 2.72. The standard InChI is InChI=1S/C14H12N2OS/c1-2-13-15-11-6-5-9(12-4-3-7-18-12)8-10(11)14(17)16-13/h3-8H,2H2,1H3,(H,15,16,17). The molecule has 0 aliphatic carbocycles. The van der Waals surface area contributed by atoms with E-state index >= 15 is 0 Å². The Labute approximate surface area is 108 Å². The van der Waals surface area contributed by atoms with Crippen LogP contribution >= 0.6 is 11.3 Å². The van der Waals surface area contributed by atoms with E-state index in [4.69, 9.17) is 0 Å². The van der Waals surface area contributed by atoms with Gasteiger partial charge in [0.15, 0.2) is 0 Å². The van der Waals surface area contributed by atoms with E-state index in [9.17, 15) is 4.79 Å². The number of nitrogens with zero attached hydrogens (tertiary/aromatic N) is 1. The van der Waals surface area contributed by atoms with E-state index in [1.807, 2.05) is 42.6 Å². The van der Waals surface area contributed by atoms with E-state index in [0.29, 0.717) is 5.39 Å². The first-order valence-electron chi connectivity index (χ1n) is 5.85. The van der Waals surface area contributed by atoms with Crippen molar-refractivity contribution in [1.29, 1.82) is 0 Å². The van der Waals surface area contributed by atoms with Crippen molar-refractivity contribution in [1.82, 2.24) is 9.97 Å². The van der Waals surface area contributed by atoms with Crippen LogP contribution in [0, 0.1) is 0 Å². The second kappa shape index (κ2) is 4.38. The number of aromatic nitrogens is 2. The van der Waals surface area contributed by atoms with Crippen LogP contribution in [0.25, 0.3) is 21.3 Å². The quantitative estimate of drug-likeness (QED) is 0.765. The number of hydrogen-bond acceptors (Lipinski definition) is 3. The summed E-state index contributed by atoms with van der Waals surface area (Å²) in [7, 11) is 0. The summed E-state index contributed by atoms with van der Waals surface area (Å²) in [6.45, 7) is 1.98. The van der Waals surface area contributed by atoms with E-state index in [1.165, 1.54) is 0 Å². The van der Waals surface area contributed by atoms with Gasteiger partial charge in [0.25, 0.3) is 5.56 Å². The molecule has 0 saturated heterocycles. The maximum Gasteiger partial charge on any atom is 0.258 e. The Morgan fingerprint density at radius 2 is 2.22 bits per heavy atom. The minimum absolute atomic E-state index is 0.0599. The SMILES string of the molecule is CCc1nc2ccc(-c3cccs3)cc2c(=O)[nH]1. The Balaban J connectivity index is 2.24. The lowest BCUT2D eigenvalue weighted by Gasteiger charge is -2.02. The van der Waals surface area contributed by atoms with Crippen molar-refractivity contribution in [3.8, 4) is 10.4 Å². The van der Waals surface area contributed by atoms with Gasteiger partial charge in [0, 0.05) is 11.3 Å². The van der Waals surface area contributed by atoms with Crippen molar-refractivity contribution in [3.63, 3.8) is 0 Å². The molecule has 0 saturated carbocycles. The van der Waals surface area contributed by atoms with Crippen LogP contribution in [0.5, 0.6) is 0 Å². The van der Waals surface area contributed by atoms with Gasteiger partial charge in [-0.05, 0) is 29.1 Å². The lowest BCUT2D eigenvalue weighted by atomic mass is 10.1. The molecule has 1 N–H and O–H groups in total. The zero-order chi connectivity index (χ0) is 12.5. The zero-order valence-electron chi connectivity index (χ0n) is 9.93. The topological polar surface area (TPSA) is 45.8 Å². The van der Waals surface area contributed by atoms with E-state index in [0.717, 1.165) is 28.2 Å². The van der Waals surface area contributed by atoms with Gasteiger partial charge in [-0.1, -0.05) is 19.1 Å². The van der Waals surface area contributed by atoms with Gasteiger partial charge in [0.05, 0.1) is 10.9 Å². The Morgan fingerprint density at radius 1 is 1.33 bits per heavy atom. The van der Waals surface area contributed by atoms with E-state index < -0.39 is 0 Å². The predicted octanol–water partition coefficient (Wildman–Crippen LogP) is 3.21. The number of aryl methyl sites for hydroxylation is 1. The summed E-state index contributed by atoms with van der Waals surface area (Å²) in [4.78, 5) is 20.4. The molecule has 0 spiro atoms. The lowest BCUT2D eigenvalue weighted by molar-refractivity contribution is 0.944. The number of fused-ring (bicyclic) bond motifs is 1. The van der Waals surface area contributed by atoms with Gasteiger partial charge in [-0.3, -0.25) is 4.79 Å². The van der Waals surface area contributed by atoms with Gasteiger partial charge in [-0.25, -0.2) is 4.98 Å². The first kappa shape index (κ1) is 11.2. The highest BCUT2D eigenvalue weighted by Gasteiger charge is 2.05. The van der Waals surface area contributed by atoms with Gasteiger partial charge in [0.2, 0.25) is 0 Å². The Bertz CT molecular complexity index is 744. The summed E-state index contributed by atoms with van der Waals surface area (Å²) in [6.07, 6.45) is 0.734. The van der Waals surface area contributed by atoms with E-state index in [1.54, 1.807) is 11.3 Å². The maximum absolute atomic E-state index is 12.0. The van der Waals surface area contributed by atoms with Crippen LogP contribution in [0.2, 0.25) is 0 Å². The highest BCUT2D eigenvalue weighted by molar-refractivity contribution is 7.13. The third-order valence-corrected chi connectivity index (χ3v) is 3.81. The predicted molar refractivity (Wildman–Crippen MR) is 75.1 cm³/mol. The van der Waals surface area contributed by atoms with Gasteiger partial charge >= 0.3 is 0 Å². The van der Waals surface area contributed by atoms with E-state index in [2.05, 4.69) is 9.97 Å². The van der Waals surface area contributed by atoms with Crippen LogP contribution in [0.15, 0.2) is 40.5 Å². The number of rotatable bonds is 2. The Morgan fingerprint density at radius 3 is 2.94 bits per heavy atom. The summed E-state index contributed by atoms with van der Waals surface area (Å²) in [5, 5.41) is 2.68. The molecule has 3 nitrogen and oxygen atoms in total. The highest BCUT2D eigenvalue weighted by Crippen LogP contribution is 2.26. The van der Waals surface area contributed by atoms with Crippen molar-refractivity contribution in [3.05, 3.63) is 51.9 Å². The van der Waals surface area contributed by atoms with Crippen LogP contribution in [-0.4, -0.2) is 9.97 Å². The first-order chi connectivity index (χ1) is 8.78. The average molecular weight is 256 g/mol. The smallest absolute Gasteiger partial charge is 0.258 e. The van der Waals surface area contributed by atoms with Gasteiger partial charge in [0.1, 0.15) is 5.82 Å². The average Bonchev–Trinajstić information content (AvgIpc) is 2.92. The molecular weight excluding hydrogens is 244 g/mol. The lowest BCUT2D eigenvalue weighted by Crippen LogP contribution is -2.11. The summed E-state index contributed by atoms with van der Waals surface area (Å²) in [5.41, 5.74) is 1.76. The molecular formula is C14H12N2OS. The van der Waals surface area contributed by atoms with Crippen LogP contribution in [0.4, 0.5) is 0 Å². The van der Waals surface area contributed by atoms with Gasteiger partial charge in [-0.2, -0.15) is 0 Å². The number of benzene rings is 1. The fourth-order valence-corrected chi connectivity index (χ4v) is 2.67. The highest BCUT2D eigenvalue weighted by atomic mass is 32.1. The van der Waals surface area contributed by atoms with Gasteiger partial charge < -0.3 is 4.98 Å². The molecule has 0 amide bonds. The monoisotopic (exact) mass is 256 g/mol. The van der Waals surface area contributed by atoms with Crippen molar-refractivity contribution in [2.45, 2.75) is 13.3 Å². The molecule has 1 aromatic carbocycles. The molecule has 4 heteroatoms. The second-order valence-electron chi connectivity index (χ2n) is 4.08. The van der Waals surface area contributed by atoms with Crippen molar-refractivity contribution < 1.29 is 0 Å². The third-order valence-electron chi connectivity index (χ3n) is 2.89. The zero-order valence-corrected chi connectivity index (χ0v) is 10.8. The molecule has 18 heavy (non-hydrogen) atoms. The maximum atomic E-state index is 12.0. The molecule has 90 valence electrons. The fraction of sp³-hybridized carbons (Fsp3) is 0.143. The molecule has 0 fully saturated rings. The summed E-state index contributed by atoms with van der Waals surface area (Å²) >= 11 is 1.67. The number of aromatic amines is 1. The van der Waals surface area contributed by atoms with Crippen LogP contribution in [0.3, 0.4) is 0 Å². The molecule has 0 atom stereocenters. The normalized spacial score (nSPS) is 10.9. The number of thiophene rings is 1. The molecule has 3 aromatic rings. The molecule has 0 aliphatic rings. The molecule has 2 aromatic heterocycles. The summed E-state index contributed by atoms with van der Waals surface area (Å²) in [5.74, 6) is 0.733. The van der Waals surface area contributed by atoms with Crippen LogP contribution < -0.4 is 5.56 Å². The minimum atomic E-state index is -0.0599. The fourth-order valence-electron chi connectivity index (χ4n) is 1.95. The number of hydrogen-bond donors (Lipinski definition) is 1. The van der Waals surface area contributed by atoms with Crippen LogP contribution in [0.1, 0.15) is 12.7 Å². The molecule has 0 bridgehead atoms. The number of nitrogens with one attached hydrogen (secondary N) is 1. The molecule has 0 radical (unpaired) electrons. The second-order valence-corrected chi connectivity index (χ2v) is 5.02. The molecule has 2 heterocycles. The third kappa shape index (κ3) is 1.84. The number of H-pyrrole nitrogens is 1. The molecule has 0 aliphatic heterocycles. The van der Waals surface area contributed by atoms with Crippen molar-refractivity contribution in [2.24, 2.45) is 0 Å². The minimum Gasteiger partial charge on any atom is -0.310 e. The van der Waals surface area contributed by atoms with E-state index in [-0.39, 0.29) is 5.56 Å². The summed E-state index contributed by atoms with van der Waals surface area (Å²) < 4.78 is 0. The molecule has 3 rings (SSSR count). The van der Waals surface area contributed by atoms with Gasteiger partial charge in [-0.15, -0.1) is 11.3 Å². The van der Waals surface area contributed by atoms with Crippen molar-refractivity contribution >= 4 is 22.2 Å². The molecule has 0 unspecified atom stereocenters. The summed E-state index contributed by atoms with van der Waals surface area (Å²) in [6, 6.07) is 9.89. The largest absolute Gasteiger partial charge is 0.310 e. The Hall–Kier alpha value is -1.94.